The number of anilines is 1. The van der Waals surface area contributed by atoms with Gasteiger partial charge in [0.15, 0.2) is 0 Å². The lowest BCUT2D eigenvalue weighted by Gasteiger charge is -2.03. The van der Waals surface area contributed by atoms with E-state index >= 15 is 0 Å². The van der Waals surface area contributed by atoms with Crippen molar-refractivity contribution in [2.24, 2.45) is 0 Å². The molecule has 0 aliphatic carbocycles. The Labute approximate surface area is 107 Å². The van der Waals surface area contributed by atoms with Crippen molar-refractivity contribution in [3.05, 3.63) is 41.1 Å². The van der Waals surface area contributed by atoms with E-state index < -0.39 is 9.84 Å². The summed E-state index contributed by atoms with van der Waals surface area (Å²) in [4.78, 5) is 7.54. The maximum Gasteiger partial charge on any atom is 0.219 e. The minimum atomic E-state index is -3.57. The highest BCUT2D eigenvalue weighted by atomic mass is 79.9. The molecule has 0 saturated carbocycles. The molecule has 0 saturated heterocycles. The maximum absolute atomic E-state index is 12.1. The predicted octanol–water partition coefficient (Wildman–Crippen LogP) is 1.65. The maximum atomic E-state index is 12.1. The molecule has 0 aliphatic rings. The van der Waals surface area contributed by atoms with Gasteiger partial charge in [-0.3, -0.25) is 0 Å². The van der Waals surface area contributed by atoms with Gasteiger partial charge < -0.3 is 5.73 Å². The van der Waals surface area contributed by atoms with E-state index in [0.29, 0.717) is 0 Å². The Kier molecular flexibility index (Phi) is 3.12. The first-order valence-corrected chi connectivity index (χ1v) is 6.86. The van der Waals surface area contributed by atoms with Crippen LogP contribution in [0.3, 0.4) is 0 Å². The normalized spacial score (nSPS) is 11.4. The Hall–Kier alpha value is -1.47. The fourth-order valence-corrected chi connectivity index (χ4v) is 2.63. The molecule has 5 nitrogen and oxygen atoms in total. The molecule has 0 aliphatic heterocycles. The number of nitrogen functional groups attached to an aromatic ring is 1. The fourth-order valence-electron chi connectivity index (χ4n) is 1.21. The number of hydrogen-bond donors (Lipinski definition) is 1. The van der Waals surface area contributed by atoms with Crippen LogP contribution in [0, 0.1) is 0 Å². The van der Waals surface area contributed by atoms with Gasteiger partial charge in [0, 0.05) is 4.47 Å². The van der Waals surface area contributed by atoms with Crippen LogP contribution in [0.4, 0.5) is 5.95 Å². The molecule has 88 valence electrons. The molecule has 0 unspecified atom stereocenters. The van der Waals surface area contributed by atoms with Crippen molar-refractivity contribution in [3.63, 3.8) is 0 Å². The molecule has 1 aromatic heterocycles. The number of halogens is 1. The largest absolute Gasteiger partial charge is 0.368 e. The molecule has 7 heteroatoms. The van der Waals surface area contributed by atoms with E-state index in [1.165, 1.54) is 24.5 Å². The first-order valence-electron chi connectivity index (χ1n) is 4.58. The molecule has 1 heterocycles. The molecule has 0 spiro atoms. The molecule has 0 fully saturated rings. The van der Waals surface area contributed by atoms with Crippen LogP contribution in [0.2, 0.25) is 0 Å². The van der Waals surface area contributed by atoms with Gasteiger partial charge in [-0.05, 0) is 24.3 Å². The molecule has 1 aromatic carbocycles. The van der Waals surface area contributed by atoms with Gasteiger partial charge in [-0.2, -0.15) is 0 Å². The average Bonchev–Trinajstić information content (AvgIpc) is 2.30. The van der Waals surface area contributed by atoms with E-state index in [4.69, 9.17) is 5.73 Å². The third-order valence-corrected chi connectivity index (χ3v) is 4.34. The zero-order valence-electron chi connectivity index (χ0n) is 8.54. The first kappa shape index (κ1) is 12.0. The number of hydrogen-bond acceptors (Lipinski definition) is 5. The topological polar surface area (TPSA) is 85.9 Å². The Morgan fingerprint density at radius 3 is 2.06 bits per heavy atom. The predicted molar refractivity (Wildman–Crippen MR) is 66.0 cm³/mol. The van der Waals surface area contributed by atoms with Crippen LogP contribution in [0.5, 0.6) is 0 Å². The molecular formula is C10H8BrN3O2S. The van der Waals surface area contributed by atoms with Gasteiger partial charge in [-0.25, -0.2) is 18.4 Å². The van der Waals surface area contributed by atoms with Gasteiger partial charge in [0.2, 0.25) is 15.8 Å². The second-order valence-corrected chi connectivity index (χ2v) is 6.10. The molecule has 0 atom stereocenters. The summed E-state index contributed by atoms with van der Waals surface area (Å²) >= 11 is 3.24. The summed E-state index contributed by atoms with van der Waals surface area (Å²) in [5.74, 6) is 0.0414. The van der Waals surface area contributed by atoms with Crippen LogP contribution in [-0.2, 0) is 9.84 Å². The molecule has 0 bridgehead atoms. The van der Waals surface area contributed by atoms with Crippen molar-refractivity contribution in [1.82, 2.24) is 9.97 Å². The summed E-state index contributed by atoms with van der Waals surface area (Å²) < 4.78 is 25.1. The fraction of sp³-hybridized carbons (Fsp3) is 0. The second-order valence-electron chi connectivity index (χ2n) is 3.23. The van der Waals surface area contributed by atoms with E-state index in [1.807, 2.05) is 0 Å². The van der Waals surface area contributed by atoms with Gasteiger partial charge in [0.25, 0.3) is 0 Å². The Morgan fingerprint density at radius 2 is 1.53 bits per heavy atom. The number of rotatable bonds is 2. The first-order chi connectivity index (χ1) is 8.00. The van der Waals surface area contributed by atoms with Crippen molar-refractivity contribution in [2.45, 2.75) is 9.79 Å². The zero-order valence-corrected chi connectivity index (χ0v) is 10.9. The molecule has 2 aromatic rings. The van der Waals surface area contributed by atoms with Crippen LogP contribution in [-0.4, -0.2) is 18.4 Å². The summed E-state index contributed by atoms with van der Waals surface area (Å²) in [6.07, 6.45) is 2.39. The van der Waals surface area contributed by atoms with Gasteiger partial charge in [0.1, 0.15) is 4.90 Å². The monoisotopic (exact) mass is 313 g/mol. The van der Waals surface area contributed by atoms with Crippen molar-refractivity contribution in [1.29, 1.82) is 0 Å². The van der Waals surface area contributed by atoms with E-state index in [1.54, 1.807) is 12.1 Å². The molecule has 2 N–H and O–H groups in total. The molecule has 17 heavy (non-hydrogen) atoms. The van der Waals surface area contributed by atoms with E-state index in [-0.39, 0.29) is 15.7 Å². The van der Waals surface area contributed by atoms with Crippen molar-refractivity contribution >= 4 is 31.7 Å². The second kappa shape index (κ2) is 4.42. The zero-order chi connectivity index (χ0) is 12.5. The van der Waals surface area contributed by atoms with Gasteiger partial charge >= 0.3 is 0 Å². The third kappa shape index (κ3) is 2.45. The molecule has 2 rings (SSSR count). The number of nitrogens with two attached hydrogens (primary N) is 1. The molecule has 0 radical (unpaired) electrons. The van der Waals surface area contributed by atoms with Crippen molar-refractivity contribution < 1.29 is 8.42 Å². The van der Waals surface area contributed by atoms with E-state index in [0.717, 1.165) is 4.47 Å². The van der Waals surface area contributed by atoms with E-state index in [2.05, 4.69) is 25.9 Å². The lowest BCUT2D eigenvalue weighted by atomic mass is 10.4. The van der Waals surface area contributed by atoms with Gasteiger partial charge in [-0.1, -0.05) is 15.9 Å². The summed E-state index contributed by atoms with van der Waals surface area (Å²) in [5.41, 5.74) is 5.31. The summed E-state index contributed by atoms with van der Waals surface area (Å²) in [6.45, 7) is 0. The Bertz CT molecular complexity index is 572. The minimum Gasteiger partial charge on any atom is -0.368 e. The van der Waals surface area contributed by atoms with E-state index in [9.17, 15) is 8.42 Å². The van der Waals surface area contributed by atoms with Gasteiger partial charge in [-0.15, -0.1) is 0 Å². The SMILES string of the molecule is Nc1ncc(S(=O)(=O)c2ccc(Br)cc2)cn1. The van der Waals surface area contributed by atoms with Crippen LogP contribution in [0.15, 0.2) is 50.9 Å². The molecular weight excluding hydrogens is 306 g/mol. The standard InChI is InChI=1S/C10H8BrN3O2S/c11-7-1-3-8(4-2-7)17(15,16)9-5-13-10(12)14-6-9/h1-6H,(H2,12,13,14). The third-order valence-electron chi connectivity index (χ3n) is 2.08. The number of nitrogens with zero attached hydrogens (tertiary/aromatic N) is 2. The Morgan fingerprint density at radius 1 is 1.00 bits per heavy atom. The summed E-state index contributed by atoms with van der Waals surface area (Å²) in [5, 5.41) is 0. The van der Waals surface area contributed by atoms with Crippen LogP contribution in [0.25, 0.3) is 0 Å². The van der Waals surface area contributed by atoms with Crippen molar-refractivity contribution in [3.8, 4) is 0 Å². The average molecular weight is 314 g/mol. The quantitative estimate of drug-likeness (QED) is 0.911. The lowest BCUT2D eigenvalue weighted by molar-refractivity contribution is 0.595. The highest BCUT2D eigenvalue weighted by Gasteiger charge is 2.18. The number of benzene rings is 1. The summed E-state index contributed by atoms with van der Waals surface area (Å²) in [7, 11) is -3.57. The van der Waals surface area contributed by atoms with Crippen LogP contribution >= 0.6 is 15.9 Å². The smallest absolute Gasteiger partial charge is 0.219 e. The summed E-state index contributed by atoms with van der Waals surface area (Å²) in [6, 6.07) is 6.33. The number of aromatic nitrogens is 2. The van der Waals surface area contributed by atoms with Gasteiger partial charge in [0.05, 0.1) is 17.3 Å². The number of sulfone groups is 1. The molecule has 0 amide bonds. The van der Waals surface area contributed by atoms with Crippen LogP contribution < -0.4 is 5.73 Å². The highest BCUT2D eigenvalue weighted by Crippen LogP contribution is 2.21. The Balaban J connectivity index is 2.50. The van der Waals surface area contributed by atoms with Crippen LogP contribution in [0.1, 0.15) is 0 Å². The highest BCUT2D eigenvalue weighted by molar-refractivity contribution is 9.10. The lowest BCUT2D eigenvalue weighted by Crippen LogP contribution is -2.04. The minimum absolute atomic E-state index is 0.0222. The van der Waals surface area contributed by atoms with Crippen molar-refractivity contribution in [2.75, 3.05) is 5.73 Å².